The monoisotopic (exact) mass is 440 g/mol. The summed E-state index contributed by atoms with van der Waals surface area (Å²) < 4.78 is 36.8. The fourth-order valence-corrected chi connectivity index (χ4v) is 8.70. The van der Waals surface area contributed by atoms with Crippen molar-refractivity contribution in [2.75, 3.05) is 39.5 Å². The lowest BCUT2D eigenvalue weighted by Crippen LogP contribution is -2.54. The van der Waals surface area contributed by atoms with Crippen LogP contribution in [0.2, 0.25) is 12.1 Å². The molecule has 0 unspecified atom stereocenters. The highest BCUT2D eigenvalue weighted by Gasteiger charge is 2.46. The molecule has 0 amide bonds. The average molecular weight is 441 g/mol. The van der Waals surface area contributed by atoms with Crippen LogP contribution in [0.4, 0.5) is 0 Å². The van der Waals surface area contributed by atoms with Gasteiger partial charge in [0.1, 0.15) is 0 Å². The maximum atomic E-state index is 6.39. The van der Waals surface area contributed by atoms with Crippen molar-refractivity contribution >= 4 is 17.6 Å². The van der Waals surface area contributed by atoms with Gasteiger partial charge >= 0.3 is 17.6 Å². The van der Waals surface area contributed by atoms with E-state index in [1.807, 2.05) is 41.5 Å². The molecule has 0 aliphatic heterocycles. The second-order valence-electron chi connectivity index (χ2n) is 6.53. The fraction of sp³-hybridized carbons (Fsp3) is 1.00. The standard InChI is InChI=1S/C18H44N2O6Si2/c1-7-21-27(22-8-2,15-11-13-19)25-17(5)18(6)26-28(23-9-3,24-10-4)16-12-14-20/h17-18H,7-16,19-20H2,1-6H3/t17-,18+. The van der Waals surface area contributed by atoms with Crippen LogP contribution in [0.15, 0.2) is 0 Å². The number of hydrogen-bond donors (Lipinski definition) is 2. The summed E-state index contributed by atoms with van der Waals surface area (Å²) in [5, 5.41) is 0. The van der Waals surface area contributed by atoms with Gasteiger partial charge in [-0.3, -0.25) is 0 Å². The van der Waals surface area contributed by atoms with E-state index in [4.69, 9.17) is 38.0 Å². The summed E-state index contributed by atoms with van der Waals surface area (Å²) in [6.45, 7) is 15.0. The molecule has 4 N–H and O–H groups in total. The zero-order valence-corrected chi connectivity index (χ0v) is 20.8. The van der Waals surface area contributed by atoms with Gasteiger partial charge in [0.15, 0.2) is 0 Å². The van der Waals surface area contributed by atoms with Gasteiger partial charge in [-0.2, -0.15) is 0 Å². The minimum atomic E-state index is -2.83. The molecule has 2 atom stereocenters. The van der Waals surface area contributed by atoms with Crippen molar-refractivity contribution in [1.29, 1.82) is 0 Å². The SMILES string of the molecule is CCO[Si](CCCN)(OCC)O[C@@H](C)[C@@H](C)O[Si](CCCN)(OCC)OCC. The molecule has 0 heterocycles. The van der Waals surface area contributed by atoms with Gasteiger partial charge in [0.25, 0.3) is 0 Å². The van der Waals surface area contributed by atoms with E-state index in [0.717, 1.165) is 12.8 Å². The van der Waals surface area contributed by atoms with Crippen molar-refractivity contribution < 1.29 is 26.6 Å². The normalized spacial score (nSPS) is 15.0. The van der Waals surface area contributed by atoms with Gasteiger partial charge in [-0.15, -0.1) is 0 Å². The van der Waals surface area contributed by atoms with E-state index >= 15 is 0 Å². The maximum Gasteiger partial charge on any atom is 0.501 e. The van der Waals surface area contributed by atoms with E-state index in [1.54, 1.807) is 0 Å². The lowest BCUT2D eigenvalue weighted by atomic mass is 10.3. The van der Waals surface area contributed by atoms with Crippen LogP contribution in [0.5, 0.6) is 0 Å². The van der Waals surface area contributed by atoms with Crippen LogP contribution in [-0.4, -0.2) is 69.3 Å². The Morgan fingerprint density at radius 3 is 1.11 bits per heavy atom. The van der Waals surface area contributed by atoms with Gasteiger partial charge in [0.2, 0.25) is 0 Å². The molecule has 0 bridgehead atoms. The molecule has 8 nitrogen and oxygen atoms in total. The molecule has 0 radical (unpaired) electrons. The van der Waals surface area contributed by atoms with E-state index in [-0.39, 0.29) is 12.2 Å². The van der Waals surface area contributed by atoms with Crippen molar-refractivity contribution in [3.8, 4) is 0 Å². The van der Waals surface area contributed by atoms with Gasteiger partial charge in [-0.25, -0.2) is 0 Å². The maximum absolute atomic E-state index is 6.39. The van der Waals surface area contributed by atoms with Crippen molar-refractivity contribution in [2.45, 2.75) is 78.7 Å². The van der Waals surface area contributed by atoms with Crippen LogP contribution < -0.4 is 11.5 Å². The Bertz CT molecular complexity index is 336. The Balaban J connectivity index is 5.28. The Kier molecular flexibility index (Phi) is 16.0. The summed E-state index contributed by atoms with van der Waals surface area (Å²) in [6, 6.07) is 1.38. The van der Waals surface area contributed by atoms with Gasteiger partial charge in [0, 0.05) is 38.5 Å². The van der Waals surface area contributed by atoms with Crippen LogP contribution in [-0.2, 0) is 26.6 Å². The molecule has 0 fully saturated rings. The quantitative estimate of drug-likeness (QED) is 0.295. The molecule has 10 heteroatoms. The summed E-state index contributed by atoms with van der Waals surface area (Å²) in [5.41, 5.74) is 11.4. The molecule has 0 aromatic rings. The molecule has 0 saturated carbocycles. The van der Waals surface area contributed by atoms with Crippen molar-refractivity contribution in [1.82, 2.24) is 0 Å². The molecule has 0 saturated heterocycles. The first-order valence-electron chi connectivity index (χ1n) is 10.7. The largest absolute Gasteiger partial charge is 0.501 e. The third-order valence-corrected chi connectivity index (χ3v) is 10.5. The lowest BCUT2D eigenvalue weighted by molar-refractivity contribution is -0.0377. The Hall–Kier alpha value is 0.114. The highest BCUT2D eigenvalue weighted by Crippen LogP contribution is 2.25. The van der Waals surface area contributed by atoms with E-state index < -0.39 is 17.6 Å². The predicted octanol–water partition coefficient (Wildman–Crippen LogP) is 2.52. The van der Waals surface area contributed by atoms with E-state index in [2.05, 4.69) is 0 Å². The zero-order valence-electron chi connectivity index (χ0n) is 18.8. The first-order chi connectivity index (χ1) is 13.4. The molecule has 0 aliphatic rings. The molecule has 0 aromatic carbocycles. The molecular weight excluding hydrogens is 396 g/mol. The van der Waals surface area contributed by atoms with Gasteiger partial charge in [-0.1, -0.05) is 0 Å². The summed E-state index contributed by atoms with van der Waals surface area (Å²) >= 11 is 0. The minimum absolute atomic E-state index is 0.242. The molecule has 0 spiro atoms. The zero-order chi connectivity index (χ0) is 21.5. The second-order valence-corrected chi connectivity index (χ2v) is 11.9. The first kappa shape index (κ1) is 28.1. The van der Waals surface area contributed by atoms with E-state index in [1.165, 1.54) is 0 Å². The highest BCUT2D eigenvalue weighted by molar-refractivity contribution is 6.61. The van der Waals surface area contributed by atoms with Crippen molar-refractivity contribution in [3.05, 3.63) is 0 Å². The summed E-state index contributed by atoms with van der Waals surface area (Å²) in [6.07, 6.45) is 1.10. The average Bonchev–Trinajstić information content (AvgIpc) is 2.65. The van der Waals surface area contributed by atoms with E-state index in [0.29, 0.717) is 51.6 Å². The molecule has 0 rings (SSSR count). The Morgan fingerprint density at radius 1 is 0.607 bits per heavy atom. The van der Waals surface area contributed by atoms with Gasteiger partial charge in [0.05, 0.1) is 12.2 Å². The molecular formula is C18H44N2O6Si2. The van der Waals surface area contributed by atoms with Crippen LogP contribution in [0, 0.1) is 0 Å². The number of nitrogens with two attached hydrogens (primary N) is 2. The lowest BCUT2D eigenvalue weighted by Gasteiger charge is -2.37. The topological polar surface area (TPSA) is 107 Å². The van der Waals surface area contributed by atoms with Crippen LogP contribution in [0.3, 0.4) is 0 Å². The third kappa shape index (κ3) is 10.2. The van der Waals surface area contributed by atoms with Crippen LogP contribution in [0.25, 0.3) is 0 Å². The smallest absolute Gasteiger partial charge is 0.374 e. The van der Waals surface area contributed by atoms with E-state index in [9.17, 15) is 0 Å². The third-order valence-electron chi connectivity index (χ3n) is 4.22. The number of rotatable bonds is 19. The first-order valence-corrected chi connectivity index (χ1v) is 14.6. The Morgan fingerprint density at radius 2 is 0.893 bits per heavy atom. The number of hydrogen-bond acceptors (Lipinski definition) is 8. The van der Waals surface area contributed by atoms with Crippen molar-refractivity contribution in [2.24, 2.45) is 11.5 Å². The second kappa shape index (κ2) is 15.9. The molecule has 0 aromatic heterocycles. The Labute approximate surface area is 174 Å². The van der Waals surface area contributed by atoms with Crippen molar-refractivity contribution in [3.63, 3.8) is 0 Å². The molecule has 0 aliphatic carbocycles. The van der Waals surface area contributed by atoms with Crippen LogP contribution >= 0.6 is 0 Å². The summed E-state index contributed by atoms with van der Waals surface area (Å²) in [5.74, 6) is 0. The van der Waals surface area contributed by atoms with Crippen LogP contribution in [0.1, 0.15) is 54.4 Å². The van der Waals surface area contributed by atoms with Gasteiger partial charge in [-0.05, 0) is 67.5 Å². The van der Waals surface area contributed by atoms with Gasteiger partial charge < -0.3 is 38.0 Å². The molecule has 28 heavy (non-hydrogen) atoms. The summed E-state index contributed by atoms with van der Waals surface area (Å²) in [4.78, 5) is 0. The highest BCUT2D eigenvalue weighted by atomic mass is 28.4. The fourth-order valence-electron chi connectivity index (χ4n) is 2.90. The predicted molar refractivity (Wildman–Crippen MR) is 116 cm³/mol. The minimum Gasteiger partial charge on any atom is -0.374 e. The summed E-state index contributed by atoms with van der Waals surface area (Å²) in [7, 11) is -5.65. The molecule has 170 valence electrons.